The molecule has 0 aliphatic carbocycles. The molecule has 1 fully saturated rings. The molecule has 0 unspecified atom stereocenters. The molecule has 1 aliphatic rings. The summed E-state index contributed by atoms with van der Waals surface area (Å²) in [5, 5.41) is 6.26. The smallest absolute Gasteiger partial charge is 0.251 e. The Hall–Kier alpha value is -2.18. The predicted molar refractivity (Wildman–Crippen MR) is 97.1 cm³/mol. The second-order valence-corrected chi connectivity index (χ2v) is 8.26. The number of piperidine rings is 1. The SMILES string of the molecule is O=C(NC1CCNCC1)c1ccc(S(=O)(=O)Cc2ccccc2)cc1. The minimum Gasteiger partial charge on any atom is -0.349 e. The first kappa shape index (κ1) is 17.6. The number of benzene rings is 2. The Morgan fingerprint density at radius 3 is 2.28 bits per heavy atom. The number of amides is 1. The summed E-state index contributed by atoms with van der Waals surface area (Å²) < 4.78 is 25.0. The van der Waals surface area contributed by atoms with Crippen molar-refractivity contribution in [3.63, 3.8) is 0 Å². The van der Waals surface area contributed by atoms with Crippen molar-refractivity contribution in [2.24, 2.45) is 0 Å². The molecule has 25 heavy (non-hydrogen) atoms. The summed E-state index contributed by atoms with van der Waals surface area (Å²) in [6, 6.07) is 15.4. The number of rotatable bonds is 5. The van der Waals surface area contributed by atoms with Crippen LogP contribution >= 0.6 is 0 Å². The van der Waals surface area contributed by atoms with E-state index in [0.29, 0.717) is 5.56 Å². The van der Waals surface area contributed by atoms with Gasteiger partial charge in [0.2, 0.25) is 0 Å². The third-order valence-electron chi connectivity index (χ3n) is 4.35. The van der Waals surface area contributed by atoms with Crippen LogP contribution in [-0.4, -0.2) is 33.5 Å². The molecule has 3 rings (SSSR count). The third-order valence-corrected chi connectivity index (χ3v) is 6.05. The Morgan fingerprint density at radius 1 is 1.00 bits per heavy atom. The van der Waals surface area contributed by atoms with Gasteiger partial charge in [-0.3, -0.25) is 4.79 Å². The molecular weight excluding hydrogens is 336 g/mol. The molecule has 1 heterocycles. The largest absolute Gasteiger partial charge is 0.349 e. The Bertz CT molecular complexity index is 812. The lowest BCUT2D eigenvalue weighted by atomic mass is 10.1. The molecule has 1 amide bonds. The van der Waals surface area contributed by atoms with Crippen molar-refractivity contribution < 1.29 is 13.2 Å². The third kappa shape index (κ3) is 4.67. The molecule has 0 radical (unpaired) electrons. The summed E-state index contributed by atoms with van der Waals surface area (Å²) >= 11 is 0. The van der Waals surface area contributed by atoms with Crippen LogP contribution < -0.4 is 10.6 Å². The van der Waals surface area contributed by atoms with Crippen LogP contribution in [0.5, 0.6) is 0 Å². The fourth-order valence-electron chi connectivity index (χ4n) is 2.93. The van der Waals surface area contributed by atoms with Crippen molar-refractivity contribution in [2.45, 2.75) is 29.5 Å². The molecule has 0 bridgehead atoms. The quantitative estimate of drug-likeness (QED) is 0.859. The summed E-state index contributed by atoms with van der Waals surface area (Å²) in [7, 11) is -3.42. The van der Waals surface area contributed by atoms with Gasteiger partial charge in [-0.15, -0.1) is 0 Å². The highest BCUT2D eigenvalue weighted by Gasteiger charge is 2.18. The van der Waals surface area contributed by atoms with Crippen molar-refractivity contribution in [3.05, 3.63) is 65.7 Å². The maximum atomic E-state index is 12.5. The van der Waals surface area contributed by atoms with Gasteiger partial charge in [0, 0.05) is 11.6 Å². The first-order chi connectivity index (χ1) is 12.0. The molecule has 132 valence electrons. The normalized spacial score (nSPS) is 15.7. The molecule has 1 saturated heterocycles. The van der Waals surface area contributed by atoms with E-state index in [2.05, 4.69) is 10.6 Å². The predicted octanol–water partition coefficient (Wildman–Crippen LogP) is 2.14. The van der Waals surface area contributed by atoms with Crippen LogP contribution in [0.2, 0.25) is 0 Å². The lowest BCUT2D eigenvalue weighted by Gasteiger charge is -2.23. The minimum absolute atomic E-state index is 0.0472. The van der Waals surface area contributed by atoms with Gasteiger partial charge in [0.15, 0.2) is 9.84 Å². The zero-order valence-corrected chi connectivity index (χ0v) is 14.8. The van der Waals surface area contributed by atoms with Crippen LogP contribution in [0, 0.1) is 0 Å². The number of hydrogen-bond donors (Lipinski definition) is 2. The van der Waals surface area contributed by atoms with Gasteiger partial charge >= 0.3 is 0 Å². The van der Waals surface area contributed by atoms with Crippen molar-refractivity contribution in [2.75, 3.05) is 13.1 Å². The fraction of sp³-hybridized carbons (Fsp3) is 0.316. The van der Waals surface area contributed by atoms with E-state index in [1.165, 1.54) is 12.1 Å². The second-order valence-electron chi connectivity index (χ2n) is 6.27. The molecule has 0 atom stereocenters. The van der Waals surface area contributed by atoms with Crippen LogP contribution in [-0.2, 0) is 15.6 Å². The van der Waals surface area contributed by atoms with Gasteiger partial charge in [0.05, 0.1) is 10.6 Å². The van der Waals surface area contributed by atoms with Crippen LogP contribution in [0.4, 0.5) is 0 Å². The van der Waals surface area contributed by atoms with Crippen LogP contribution in [0.1, 0.15) is 28.8 Å². The van der Waals surface area contributed by atoms with E-state index in [4.69, 9.17) is 0 Å². The number of carbonyl (C=O) groups excluding carboxylic acids is 1. The Morgan fingerprint density at radius 2 is 1.64 bits per heavy atom. The molecular formula is C19H22N2O3S. The maximum Gasteiger partial charge on any atom is 0.251 e. The van der Waals surface area contributed by atoms with Crippen LogP contribution in [0.3, 0.4) is 0 Å². The van der Waals surface area contributed by atoms with Crippen molar-refractivity contribution in [1.29, 1.82) is 0 Å². The first-order valence-electron chi connectivity index (χ1n) is 8.43. The minimum atomic E-state index is -3.42. The zero-order chi connectivity index (χ0) is 17.7. The Kier molecular flexibility index (Phi) is 5.50. The summed E-state index contributed by atoms with van der Waals surface area (Å²) in [5.41, 5.74) is 1.23. The van der Waals surface area contributed by atoms with E-state index in [-0.39, 0.29) is 22.6 Å². The van der Waals surface area contributed by atoms with E-state index >= 15 is 0 Å². The summed E-state index contributed by atoms with van der Waals surface area (Å²) in [6.45, 7) is 1.81. The van der Waals surface area contributed by atoms with Gasteiger partial charge in [-0.25, -0.2) is 8.42 Å². The van der Waals surface area contributed by atoms with Gasteiger partial charge < -0.3 is 10.6 Å². The number of sulfone groups is 1. The van der Waals surface area contributed by atoms with Crippen molar-refractivity contribution in [1.82, 2.24) is 10.6 Å². The number of hydrogen-bond acceptors (Lipinski definition) is 4. The highest BCUT2D eigenvalue weighted by molar-refractivity contribution is 7.90. The fourth-order valence-corrected chi connectivity index (χ4v) is 4.27. The van der Waals surface area contributed by atoms with E-state index in [0.717, 1.165) is 31.5 Å². The molecule has 0 spiro atoms. The molecule has 0 saturated carbocycles. The van der Waals surface area contributed by atoms with Gasteiger partial charge in [-0.1, -0.05) is 30.3 Å². The molecule has 0 aromatic heterocycles. The van der Waals surface area contributed by atoms with Gasteiger partial charge in [-0.2, -0.15) is 0 Å². The molecule has 2 aromatic carbocycles. The molecule has 6 heteroatoms. The summed E-state index contributed by atoms with van der Waals surface area (Å²) in [4.78, 5) is 12.5. The number of carbonyl (C=O) groups is 1. The lowest BCUT2D eigenvalue weighted by molar-refractivity contribution is 0.0929. The highest BCUT2D eigenvalue weighted by atomic mass is 32.2. The Balaban J connectivity index is 1.67. The maximum absolute atomic E-state index is 12.5. The van der Waals surface area contributed by atoms with Gasteiger partial charge in [0.25, 0.3) is 5.91 Å². The van der Waals surface area contributed by atoms with E-state index in [1.54, 1.807) is 24.3 Å². The van der Waals surface area contributed by atoms with Crippen molar-refractivity contribution >= 4 is 15.7 Å². The standard InChI is InChI=1S/C19H22N2O3S/c22-19(21-17-10-12-20-13-11-17)16-6-8-18(9-7-16)25(23,24)14-15-4-2-1-3-5-15/h1-9,17,20H,10-14H2,(H,21,22). The molecule has 2 aromatic rings. The monoisotopic (exact) mass is 358 g/mol. The van der Waals surface area contributed by atoms with Gasteiger partial charge in [-0.05, 0) is 55.8 Å². The first-order valence-corrected chi connectivity index (χ1v) is 10.1. The second kappa shape index (κ2) is 7.80. The lowest BCUT2D eigenvalue weighted by Crippen LogP contribution is -2.42. The van der Waals surface area contributed by atoms with E-state index < -0.39 is 9.84 Å². The van der Waals surface area contributed by atoms with Crippen LogP contribution in [0.15, 0.2) is 59.5 Å². The highest BCUT2D eigenvalue weighted by Crippen LogP contribution is 2.17. The van der Waals surface area contributed by atoms with Gasteiger partial charge in [0.1, 0.15) is 0 Å². The van der Waals surface area contributed by atoms with Crippen molar-refractivity contribution in [3.8, 4) is 0 Å². The molecule has 2 N–H and O–H groups in total. The summed E-state index contributed by atoms with van der Waals surface area (Å²) in [6.07, 6.45) is 1.82. The average molecular weight is 358 g/mol. The zero-order valence-electron chi connectivity index (χ0n) is 13.9. The summed E-state index contributed by atoms with van der Waals surface area (Å²) in [5.74, 6) is -0.201. The Labute approximate surface area is 148 Å². The number of nitrogens with one attached hydrogen (secondary N) is 2. The molecule has 1 aliphatic heterocycles. The average Bonchev–Trinajstić information content (AvgIpc) is 2.63. The van der Waals surface area contributed by atoms with E-state index in [1.807, 2.05) is 18.2 Å². The van der Waals surface area contributed by atoms with Crippen LogP contribution in [0.25, 0.3) is 0 Å². The van der Waals surface area contributed by atoms with E-state index in [9.17, 15) is 13.2 Å². The topological polar surface area (TPSA) is 75.3 Å². The molecule has 5 nitrogen and oxygen atoms in total.